The maximum Gasteiger partial charge on any atom is 0.325 e. The summed E-state index contributed by atoms with van der Waals surface area (Å²) in [5.41, 5.74) is 1.66. The molecule has 3 aromatic heterocycles. The highest BCUT2D eigenvalue weighted by Crippen LogP contribution is 2.28. The lowest BCUT2D eigenvalue weighted by atomic mass is 10.4. The van der Waals surface area contributed by atoms with Gasteiger partial charge in [-0.25, -0.2) is 14.6 Å². The van der Waals surface area contributed by atoms with Gasteiger partial charge in [-0.1, -0.05) is 0 Å². The number of nitrogens with zero attached hydrogens (tertiary/aromatic N) is 7. The quantitative estimate of drug-likeness (QED) is 0.725. The van der Waals surface area contributed by atoms with Crippen molar-refractivity contribution in [2.45, 2.75) is 16.7 Å². The monoisotopic (exact) mass is 291 g/mol. The molecule has 3 aromatic rings. The second-order valence-corrected chi connectivity index (χ2v) is 4.91. The Morgan fingerprint density at radius 3 is 3.10 bits per heavy atom. The van der Waals surface area contributed by atoms with Crippen molar-refractivity contribution in [3.63, 3.8) is 0 Å². The summed E-state index contributed by atoms with van der Waals surface area (Å²) < 4.78 is 3.08. The van der Waals surface area contributed by atoms with Crippen LogP contribution in [-0.2, 0) is 18.4 Å². The molecule has 0 bridgehead atoms. The van der Waals surface area contributed by atoms with Gasteiger partial charge in [0.2, 0.25) is 5.16 Å². The summed E-state index contributed by atoms with van der Waals surface area (Å²) in [4.78, 5) is 19.3. The molecule has 0 aliphatic rings. The van der Waals surface area contributed by atoms with Gasteiger partial charge in [0.05, 0.1) is 11.8 Å². The number of aryl methyl sites for hydroxylation is 1. The van der Waals surface area contributed by atoms with Crippen molar-refractivity contribution in [3.05, 3.63) is 18.6 Å². The molecule has 0 saturated heterocycles. The van der Waals surface area contributed by atoms with Gasteiger partial charge in [-0.05, 0) is 28.3 Å². The Labute approximate surface area is 116 Å². The van der Waals surface area contributed by atoms with E-state index in [0.29, 0.717) is 10.2 Å². The molecule has 0 unspecified atom stereocenters. The number of pyridine rings is 1. The average molecular weight is 291 g/mol. The van der Waals surface area contributed by atoms with Crippen LogP contribution in [0, 0.1) is 0 Å². The van der Waals surface area contributed by atoms with Gasteiger partial charge in [0.1, 0.15) is 17.1 Å². The molecule has 0 aliphatic heterocycles. The topological polar surface area (TPSA) is 112 Å². The molecule has 0 radical (unpaired) electrons. The molecule has 9 nitrogen and oxygen atoms in total. The molecule has 102 valence electrons. The van der Waals surface area contributed by atoms with Crippen LogP contribution >= 0.6 is 11.8 Å². The van der Waals surface area contributed by atoms with Crippen molar-refractivity contribution < 1.29 is 9.90 Å². The first-order valence-electron chi connectivity index (χ1n) is 5.57. The molecule has 0 fully saturated rings. The number of hydrogen-bond acceptors (Lipinski definition) is 7. The molecule has 0 aliphatic carbocycles. The van der Waals surface area contributed by atoms with Crippen molar-refractivity contribution in [2.75, 3.05) is 0 Å². The van der Waals surface area contributed by atoms with E-state index >= 15 is 0 Å². The number of imidazole rings is 1. The van der Waals surface area contributed by atoms with Gasteiger partial charge in [0, 0.05) is 13.2 Å². The summed E-state index contributed by atoms with van der Waals surface area (Å²) in [5.74, 6) is -1.01. The summed E-state index contributed by atoms with van der Waals surface area (Å²) in [6, 6.07) is 1.85. The number of aromatic nitrogens is 7. The average Bonchev–Trinajstić information content (AvgIpc) is 2.98. The van der Waals surface area contributed by atoms with Gasteiger partial charge in [-0.15, -0.1) is 5.10 Å². The van der Waals surface area contributed by atoms with Crippen LogP contribution in [0.4, 0.5) is 0 Å². The predicted molar refractivity (Wildman–Crippen MR) is 68.1 cm³/mol. The summed E-state index contributed by atoms with van der Waals surface area (Å²) in [6.45, 7) is -0.298. The lowest BCUT2D eigenvalue weighted by Gasteiger charge is -2.02. The first-order chi connectivity index (χ1) is 9.65. The second kappa shape index (κ2) is 4.89. The van der Waals surface area contributed by atoms with E-state index in [2.05, 4.69) is 25.5 Å². The van der Waals surface area contributed by atoms with Crippen molar-refractivity contribution >= 4 is 28.8 Å². The lowest BCUT2D eigenvalue weighted by Crippen LogP contribution is -2.11. The third-order valence-corrected chi connectivity index (χ3v) is 3.55. The van der Waals surface area contributed by atoms with Gasteiger partial charge in [0.25, 0.3) is 0 Å². The fourth-order valence-electron chi connectivity index (χ4n) is 1.70. The van der Waals surface area contributed by atoms with Crippen molar-refractivity contribution in [2.24, 2.45) is 7.05 Å². The Morgan fingerprint density at radius 1 is 1.45 bits per heavy atom. The first-order valence-corrected chi connectivity index (χ1v) is 6.38. The molecular formula is C10H9N7O2S. The fourth-order valence-corrected chi connectivity index (χ4v) is 2.52. The minimum atomic E-state index is -1.01. The number of aliphatic carboxylic acids is 1. The Hall–Kier alpha value is -2.49. The standard InChI is InChI=1S/C10H9N7O2S/c1-16-5-12-8-6(16)2-3-11-9(8)20-10-13-14-15-17(10)4-7(18)19/h2-3,5H,4H2,1H3,(H,18,19). The molecule has 3 heterocycles. The van der Waals surface area contributed by atoms with E-state index in [9.17, 15) is 4.79 Å². The Bertz CT molecular complexity index is 781. The lowest BCUT2D eigenvalue weighted by molar-refractivity contribution is -0.138. The normalized spacial score (nSPS) is 11.1. The second-order valence-electron chi connectivity index (χ2n) is 3.95. The summed E-state index contributed by atoms with van der Waals surface area (Å²) in [7, 11) is 1.89. The molecule has 0 spiro atoms. The van der Waals surface area contributed by atoms with Gasteiger partial charge in [-0.2, -0.15) is 0 Å². The third kappa shape index (κ3) is 2.20. The van der Waals surface area contributed by atoms with Crippen LogP contribution in [0.1, 0.15) is 0 Å². The van der Waals surface area contributed by atoms with Crippen LogP contribution in [0.3, 0.4) is 0 Å². The van der Waals surface area contributed by atoms with Gasteiger partial charge < -0.3 is 9.67 Å². The van der Waals surface area contributed by atoms with Crippen LogP contribution in [0.15, 0.2) is 28.8 Å². The van der Waals surface area contributed by atoms with Gasteiger partial charge in [-0.3, -0.25) is 4.79 Å². The van der Waals surface area contributed by atoms with E-state index in [1.807, 2.05) is 17.7 Å². The first kappa shape index (κ1) is 12.5. The van der Waals surface area contributed by atoms with Crippen molar-refractivity contribution in [3.8, 4) is 0 Å². The molecule has 20 heavy (non-hydrogen) atoms. The zero-order valence-electron chi connectivity index (χ0n) is 10.3. The number of carbonyl (C=O) groups is 1. The number of tetrazole rings is 1. The zero-order chi connectivity index (χ0) is 14.1. The number of fused-ring (bicyclic) bond motifs is 1. The van der Waals surface area contributed by atoms with Crippen LogP contribution in [-0.4, -0.2) is 45.8 Å². The molecule has 0 aromatic carbocycles. The third-order valence-electron chi connectivity index (χ3n) is 2.58. The highest BCUT2D eigenvalue weighted by atomic mass is 32.2. The van der Waals surface area contributed by atoms with Crippen molar-refractivity contribution in [1.29, 1.82) is 0 Å². The maximum atomic E-state index is 10.7. The van der Waals surface area contributed by atoms with Gasteiger partial charge in [0.15, 0.2) is 0 Å². The minimum absolute atomic E-state index is 0.298. The molecule has 0 saturated carbocycles. The number of carboxylic acids is 1. The van der Waals surface area contributed by atoms with Crippen LogP contribution in [0.5, 0.6) is 0 Å². The molecule has 0 amide bonds. The fraction of sp³-hybridized carbons (Fsp3) is 0.200. The Kier molecular flexibility index (Phi) is 3.06. The highest BCUT2D eigenvalue weighted by molar-refractivity contribution is 7.99. The largest absolute Gasteiger partial charge is 0.480 e. The molecule has 0 atom stereocenters. The van der Waals surface area contributed by atoms with E-state index in [0.717, 1.165) is 11.0 Å². The smallest absolute Gasteiger partial charge is 0.325 e. The van der Waals surface area contributed by atoms with Gasteiger partial charge >= 0.3 is 5.97 Å². The molecule has 10 heteroatoms. The molecule has 3 rings (SSSR count). The van der Waals surface area contributed by atoms with E-state index in [4.69, 9.17) is 5.11 Å². The van der Waals surface area contributed by atoms with E-state index in [1.165, 1.54) is 16.4 Å². The Balaban J connectivity index is 1.97. The SMILES string of the molecule is Cn1cnc2c(Sc3nnnn3CC(=O)O)nccc21. The van der Waals surface area contributed by atoms with E-state index in [1.54, 1.807) is 12.5 Å². The number of carboxylic acid groups (broad SMARTS) is 1. The summed E-state index contributed by atoms with van der Waals surface area (Å²) in [6.07, 6.45) is 3.36. The van der Waals surface area contributed by atoms with Crippen LogP contribution in [0.2, 0.25) is 0 Å². The Morgan fingerprint density at radius 2 is 2.30 bits per heavy atom. The number of hydrogen-bond donors (Lipinski definition) is 1. The van der Waals surface area contributed by atoms with Crippen LogP contribution in [0.25, 0.3) is 11.0 Å². The molecular weight excluding hydrogens is 282 g/mol. The van der Waals surface area contributed by atoms with E-state index in [-0.39, 0.29) is 6.54 Å². The highest BCUT2D eigenvalue weighted by Gasteiger charge is 2.15. The maximum absolute atomic E-state index is 10.7. The summed E-state index contributed by atoms with van der Waals surface area (Å²) >= 11 is 1.18. The van der Waals surface area contributed by atoms with Crippen LogP contribution < -0.4 is 0 Å². The predicted octanol–water partition coefficient (Wildman–Crippen LogP) is 0.191. The minimum Gasteiger partial charge on any atom is -0.480 e. The zero-order valence-corrected chi connectivity index (χ0v) is 11.1. The summed E-state index contributed by atoms with van der Waals surface area (Å²) in [5, 5.41) is 20.7. The van der Waals surface area contributed by atoms with E-state index < -0.39 is 5.97 Å². The number of rotatable bonds is 4. The van der Waals surface area contributed by atoms with Crippen molar-refractivity contribution in [1.82, 2.24) is 34.7 Å². The molecule has 1 N–H and O–H groups in total.